The molecular formula is C28H41N2O13P. The molecule has 0 spiro atoms. The summed E-state index contributed by atoms with van der Waals surface area (Å²) in [6.45, 7) is 5.72. The first kappa shape index (κ1) is 36.7. The third-order valence-corrected chi connectivity index (χ3v) is 7.58. The van der Waals surface area contributed by atoms with Crippen LogP contribution in [0.15, 0.2) is 30.3 Å². The molecule has 0 aliphatic carbocycles. The fourth-order valence-corrected chi connectivity index (χ4v) is 5.18. The van der Waals surface area contributed by atoms with E-state index >= 15 is 0 Å². The molecular weight excluding hydrogens is 603 g/mol. The molecule has 16 heteroatoms. The summed E-state index contributed by atoms with van der Waals surface area (Å²) in [5.74, 6) is -2.87. The zero-order chi connectivity index (χ0) is 32.8. The Balaban J connectivity index is 1.70. The highest BCUT2D eigenvalue weighted by Gasteiger charge is 2.49. The molecule has 1 aliphatic rings. The lowest BCUT2D eigenvalue weighted by Gasteiger charge is -2.39. The molecule has 1 aromatic rings. The van der Waals surface area contributed by atoms with Crippen molar-refractivity contribution >= 4 is 37.7 Å². The van der Waals surface area contributed by atoms with Crippen molar-refractivity contribution in [3.8, 4) is 0 Å². The molecule has 2 N–H and O–H groups in total. The van der Waals surface area contributed by atoms with Crippen LogP contribution in [0.25, 0.3) is 0 Å². The third kappa shape index (κ3) is 12.6. The van der Waals surface area contributed by atoms with Crippen molar-refractivity contribution in [3.63, 3.8) is 0 Å². The molecule has 1 fully saturated rings. The van der Waals surface area contributed by atoms with E-state index in [1.807, 2.05) is 18.2 Å². The molecule has 3 atom stereocenters. The maximum atomic E-state index is 12.9. The number of esters is 3. The minimum Gasteiger partial charge on any atom is -0.469 e. The second kappa shape index (κ2) is 17.7. The zero-order valence-electron chi connectivity index (χ0n) is 25.5. The van der Waals surface area contributed by atoms with Crippen molar-refractivity contribution < 1.29 is 61.1 Å². The maximum absolute atomic E-state index is 12.9. The van der Waals surface area contributed by atoms with Gasteiger partial charge in [0.25, 0.3) is 0 Å². The number of nitrogens with one attached hydrogen (secondary N) is 2. The Morgan fingerprint density at radius 1 is 1.02 bits per heavy atom. The largest absolute Gasteiger partial charge is 0.478 e. The summed E-state index contributed by atoms with van der Waals surface area (Å²) in [5.41, 5.74) is -0.0906. The van der Waals surface area contributed by atoms with E-state index in [2.05, 4.69) is 15.4 Å². The number of phosphoric acid groups is 1. The van der Waals surface area contributed by atoms with Gasteiger partial charge in [0, 0.05) is 18.4 Å². The molecule has 0 radical (unpaired) electrons. The van der Waals surface area contributed by atoms with E-state index in [0.29, 0.717) is 0 Å². The van der Waals surface area contributed by atoms with Crippen LogP contribution in [0.1, 0.15) is 52.5 Å². The van der Waals surface area contributed by atoms with Crippen LogP contribution in [0.4, 0.5) is 4.79 Å². The van der Waals surface area contributed by atoms with Crippen molar-refractivity contribution in [3.05, 3.63) is 35.9 Å². The van der Waals surface area contributed by atoms with Gasteiger partial charge in [-0.1, -0.05) is 58.0 Å². The van der Waals surface area contributed by atoms with Crippen LogP contribution in [0, 0.1) is 11.3 Å². The van der Waals surface area contributed by atoms with Crippen molar-refractivity contribution in [2.75, 3.05) is 33.7 Å². The highest BCUT2D eigenvalue weighted by atomic mass is 31.2. The van der Waals surface area contributed by atoms with Gasteiger partial charge in [0.1, 0.15) is 12.6 Å². The lowest BCUT2D eigenvalue weighted by Crippen LogP contribution is -2.50. The number of carbonyl (C=O) groups excluding carboxylic acids is 5. The van der Waals surface area contributed by atoms with E-state index in [-0.39, 0.29) is 51.5 Å². The van der Waals surface area contributed by atoms with Gasteiger partial charge in [0.15, 0.2) is 6.10 Å². The first-order chi connectivity index (χ1) is 20.8. The maximum Gasteiger partial charge on any atom is 0.478 e. The number of rotatable bonds is 16. The van der Waals surface area contributed by atoms with Crippen molar-refractivity contribution in [1.82, 2.24) is 10.6 Å². The van der Waals surface area contributed by atoms with Gasteiger partial charge >= 0.3 is 31.8 Å². The topological polar surface area (TPSA) is 191 Å². The third-order valence-electron chi connectivity index (χ3n) is 6.24. The summed E-state index contributed by atoms with van der Waals surface area (Å²) in [7, 11) is -3.04. The summed E-state index contributed by atoms with van der Waals surface area (Å²) < 4.78 is 48.3. The lowest BCUT2D eigenvalue weighted by molar-refractivity contribution is -0.157. The molecule has 0 aromatic heterocycles. The van der Waals surface area contributed by atoms with Crippen LogP contribution < -0.4 is 10.6 Å². The minimum atomic E-state index is -4.26. The lowest BCUT2D eigenvalue weighted by atomic mass is 9.87. The van der Waals surface area contributed by atoms with Crippen LogP contribution in [0.5, 0.6) is 0 Å². The van der Waals surface area contributed by atoms with Crippen molar-refractivity contribution in [2.45, 2.75) is 65.7 Å². The zero-order valence-corrected chi connectivity index (χ0v) is 26.4. The molecule has 246 valence electrons. The molecule has 44 heavy (non-hydrogen) atoms. The van der Waals surface area contributed by atoms with Crippen LogP contribution in [-0.4, -0.2) is 75.7 Å². The van der Waals surface area contributed by atoms with Gasteiger partial charge in [-0.05, 0) is 17.9 Å². The Morgan fingerprint density at radius 2 is 1.73 bits per heavy atom. The molecule has 0 saturated carbocycles. The second-order valence-electron chi connectivity index (χ2n) is 10.8. The smallest absolute Gasteiger partial charge is 0.469 e. The van der Waals surface area contributed by atoms with E-state index < -0.39 is 62.1 Å². The second-order valence-corrected chi connectivity index (χ2v) is 12.4. The molecule has 0 bridgehead atoms. The molecule has 1 saturated heterocycles. The summed E-state index contributed by atoms with van der Waals surface area (Å²) in [4.78, 5) is 60.6. The van der Waals surface area contributed by atoms with Gasteiger partial charge in [-0.2, -0.15) is 0 Å². The van der Waals surface area contributed by atoms with Crippen molar-refractivity contribution in [2.24, 2.45) is 11.3 Å². The first-order valence-corrected chi connectivity index (χ1v) is 15.4. The van der Waals surface area contributed by atoms with Gasteiger partial charge in [-0.3, -0.25) is 23.4 Å². The van der Waals surface area contributed by atoms with Gasteiger partial charge < -0.3 is 29.6 Å². The fraction of sp³-hybridized carbons (Fsp3) is 0.607. The van der Waals surface area contributed by atoms with Gasteiger partial charge in [0.05, 0.1) is 26.7 Å². The Bertz CT molecular complexity index is 1180. The Kier molecular flexibility index (Phi) is 14.7. The molecule has 15 nitrogen and oxygen atoms in total. The SMILES string of the molecule is COC(=O)CCNC(=O)[C@@H]1O[P@@](=O)(OCOC(=O)CCCOC(=O)[C@@H](NC(=O)OCc2ccccc2)C(C)C)OCC1(C)C. The monoisotopic (exact) mass is 644 g/mol. The quantitative estimate of drug-likeness (QED) is 0.0879. The molecule has 1 heterocycles. The number of methoxy groups -OCH3 is 1. The average molecular weight is 645 g/mol. The molecule has 2 amide bonds. The number of benzene rings is 1. The van der Waals surface area contributed by atoms with Gasteiger partial charge in [0.2, 0.25) is 12.7 Å². The highest BCUT2D eigenvalue weighted by molar-refractivity contribution is 7.48. The highest BCUT2D eigenvalue weighted by Crippen LogP contribution is 2.57. The predicted molar refractivity (Wildman–Crippen MR) is 152 cm³/mol. The molecule has 0 unspecified atom stereocenters. The van der Waals surface area contributed by atoms with Gasteiger partial charge in [-0.15, -0.1) is 0 Å². The number of amides is 2. The number of hydrogen-bond donors (Lipinski definition) is 2. The summed E-state index contributed by atoms with van der Waals surface area (Å²) in [6.07, 6.45) is -2.14. The molecule has 1 aromatic carbocycles. The van der Waals surface area contributed by atoms with E-state index in [4.69, 9.17) is 27.8 Å². The first-order valence-electron chi connectivity index (χ1n) is 14.0. The van der Waals surface area contributed by atoms with Crippen LogP contribution >= 0.6 is 7.82 Å². The van der Waals surface area contributed by atoms with Crippen LogP contribution in [-0.2, 0) is 62.9 Å². The Hall–Kier alpha value is -3.52. The number of hydrogen-bond acceptors (Lipinski definition) is 13. The fourth-order valence-electron chi connectivity index (χ4n) is 3.67. The number of carbonyl (C=O) groups is 5. The minimum absolute atomic E-state index is 0.0175. The summed E-state index contributed by atoms with van der Waals surface area (Å²) in [5, 5.41) is 5.00. The average Bonchev–Trinajstić information content (AvgIpc) is 2.98. The van der Waals surface area contributed by atoms with Crippen molar-refractivity contribution in [1.29, 1.82) is 0 Å². The Labute approximate surface area is 256 Å². The number of phosphoric ester groups is 1. The standard InChI is InChI=1S/C28H41N2O13P/c1-19(2)23(30-27(35)39-16-20-10-7-6-8-11-20)26(34)38-15-9-12-22(32)40-18-42-44(36)41-17-28(3,4)24(43-44)25(33)29-14-13-21(31)37-5/h6-8,10-11,19,23-24H,9,12-18H2,1-5H3,(H,29,33)(H,30,35)/t23-,24-,44+/m0/s1. The molecule has 1 aliphatic heterocycles. The Morgan fingerprint density at radius 3 is 2.39 bits per heavy atom. The van der Waals surface area contributed by atoms with Gasteiger partial charge in [-0.25, -0.2) is 18.7 Å². The summed E-state index contributed by atoms with van der Waals surface area (Å²) in [6, 6.07) is 8.09. The van der Waals surface area contributed by atoms with E-state index in [9.17, 15) is 28.5 Å². The van der Waals surface area contributed by atoms with E-state index in [0.717, 1.165) is 5.56 Å². The normalized spacial score (nSPS) is 19.7. The van der Waals surface area contributed by atoms with E-state index in [1.54, 1.807) is 39.8 Å². The molecule has 2 rings (SSSR count). The van der Waals surface area contributed by atoms with Crippen LogP contribution in [0.3, 0.4) is 0 Å². The number of alkyl carbamates (subject to hydrolysis) is 1. The summed E-state index contributed by atoms with van der Waals surface area (Å²) >= 11 is 0. The van der Waals surface area contributed by atoms with E-state index in [1.165, 1.54) is 7.11 Å². The number of ether oxygens (including phenoxy) is 4. The predicted octanol–water partition coefficient (Wildman–Crippen LogP) is 3.01. The van der Waals surface area contributed by atoms with Crippen LogP contribution in [0.2, 0.25) is 0 Å².